The first-order valence-corrected chi connectivity index (χ1v) is 7.79. The van der Waals surface area contributed by atoms with Crippen molar-refractivity contribution in [3.05, 3.63) is 78.4 Å². The number of carbonyl (C=O) groups excluding carboxylic acids is 1. The highest BCUT2D eigenvalue weighted by Crippen LogP contribution is 2.35. The molecular weight excluding hydrogens is 332 g/mol. The van der Waals surface area contributed by atoms with Crippen LogP contribution in [0.2, 0.25) is 0 Å². The molecule has 0 fully saturated rings. The standard InChI is InChI=1S/C21H20O5/c1-4-16(22)6-5-7-17(14-8-10-18(23)20(12-14)25-2)15-9-11-19(24)21(13-15)26-3/h4-13,23-24H,1H2,2-3H3/b6-5+. The topological polar surface area (TPSA) is 76.0 Å². The van der Waals surface area contributed by atoms with Gasteiger partial charge in [0.1, 0.15) is 0 Å². The molecule has 0 saturated heterocycles. The van der Waals surface area contributed by atoms with Crippen LogP contribution in [0.4, 0.5) is 0 Å². The van der Waals surface area contributed by atoms with Crippen LogP contribution < -0.4 is 9.47 Å². The van der Waals surface area contributed by atoms with Gasteiger partial charge in [-0.2, -0.15) is 0 Å². The number of phenolic OH excluding ortho intramolecular Hbond substituents is 2. The lowest BCUT2D eigenvalue weighted by atomic mass is 9.96. The van der Waals surface area contributed by atoms with Gasteiger partial charge in [-0.05, 0) is 53.1 Å². The first kappa shape index (κ1) is 18.9. The van der Waals surface area contributed by atoms with Crippen molar-refractivity contribution in [2.45, 2.75) is 0 Å². The van der Waals surface area contributed by atoms with Gasteiger partial charge in [0, 0.05) is 0 Å². The Bertz CT molecular complexity index is 822. The Morgan fingerprint density at radius 2 is 1.46 bits per heavy atom. The minimum Gasteiger partial charge on any atom is -0.504 e. The summed E-state index contributed by atoms with van der Waals surface area (Å²) in [5, 5.41) is 19.6. The second kappa shape index (κ2) is 8.58. The van der Waals surface area contributed by atoms with Gasteiger partial charge in [0.2, 0.25) is 0 Å². The summed E-state index contributed by atoms with van der Waals surface area (Å²) in [7, 11) is 2.93. The Kier molecular flexibility index (Phi) is 6.22. The van der Waals surface area contributed by atoms with E-state index < -0.39 is 0 Å². The van der Waals surface area contributed by atoms with Crippen molar-refractivity contribution in [3.8, 4) is 23.0 Å². The lowest BCUT2D eigenvalue weighted by Gasteiger charge is -2.12. The number of ether oxygens (including phenoxy) is 2. The van der Waals surface area contributed by atoms with Gasteiger partial charge in [0.15, 0.2) is 28.8 Å². The minimum absolute atomic E-state index is 0.0243. The van der Waals surface area contributed by atoms with Gasteiger partial charge in [-0.1, -0.05) is 30.9 Å². The number of hydrogen-bond donors (Lipinski definition) is 2. The summed E-state index contributed by atoms with van der Waals surface area (Å²) in [6, 6.07) is 9.88. The van der Waals surface area contributed by atoms with Crippen molar-refractivity contribution in [1.82, 2.24) is 0 Å². The van der Waals surface area contributed by atoms with E-state index in [1.807, 2.05) is 0 Å². The predicted octanol–water partition coefficient (Wildman–Crippen LogP) is 3.86. The summed E-state index contributed by atoms with van der Waals surface area (Å²) in [5.74, 6) is 0.482. The van der Waals surface area contributed by atoms with Crippen molar-refractivity contribution < 1.29 is 24.5 Å². The van der Waals surface area contributed by atoms with E-state index in [4.69, 9.17) is 9.47 Å². The largest absolute Gasteiger partial charge is 0.504 e. The first-order chi connectivity index (χ1) is 12.5. The molecule has 0 aliphatic heterocycles. The molecule has 2 N–H and O–H groups in total. The molecule has 0 spiro atoms. The Labute approximate surface area is 152 Å². The molecule has 134 valence electrons. The van der Waals surface area contributed by atoms with Crippen LogP contribution in [0.25, 0.3) is 5.57 Å². The molecule has 0 amide bonds. The average Bonchev–Trinajstić information content (AvgIpc) is 2.66. The van der Waals surface area contributed by atoms with Crippen LogP contribution in [0.1, 0.15) is 11.1 Å². The molecule has 0 aliphatic carbocycles. The van der Waals surface area contributed by atoms with Crippen molar-refractivity contribution in [1.29, 1.82) is 0 Å². The SMILES string of the molecule is C=CC(=O)/C=C/C=C(c1ccc(O)c(OC)c1)c1ccc(O)c(OC)c1. The molecule has 0 aliphatic rings. The Hall–Kier alpha value is -3.47. The number of rotatable bonds is 7. The smallest absolute Gasteiger partial charge is 0.178 e. The van der Waals surface area contributed by atoms with E-state index >= 15 is 0 Å². The Morgan fingerprint density at radius 3 is 1.88 bits per heavy atom. The van der Waals surface area contributed by atoms with Gasteiger partial charge in [-0.15, -0.1) is 0 Å². The van der Waals surface area contributed by atoms with Crippen LogP contribution in [0, 0.1) is 0 Å². The lowest BCUT2D eigenvalue weighted by molar-refractivity contribution is -0.110. The maximum absolute atomic E-state index is 11.4. The molecule has 2 aromatic rings. The summed E-state index contributed by atoms with van der Waals surface area (Å²) in [6.45, 7) is 3.43. The lowest BCUT2D eigenvalue weighted by Crippen LogP contribution is -1.92. The van der Waals surface area contributed by atoms with Crippen LogP contribution in [-0.4, -0.2) is 30.2 Å². The van der Waals surface area contributed by atoms with Crippen LogP contribution in [0.15, 0.2) is 67.3 Å². The zero-order valence-corrected chi connectivity index (χ0v) is 14.6. The van der Waals surface area contributed by atoms with Crippen molar-refractivity contribution in [2.75, 3.05) is 14.2 Å². The summed E-state index contributed by atoms with van der Waals surface area (Å²) in [6.07, 6.45) is 5.97. The molecule has 5 nitrogen and oxygen atoms in total. The molecule has 5 heteroatoms. The molecule has 0 bridgehead atoms. The third-order valence-corrected chi connectivity index (χ3v) is 3.71. The van der Waals surface area contributed by atoms with Gasteiger partial charge in [0.05, 0.1) is 14.2 Å². The van der Waals surface area contributed by atoms with Crippen LogP contribution in [-0.2, 0) is 4.79 Å². The number of phenols is 2. The number of carbonyl (C=O) groups is 1. The van der Waals surface area contributed by atoms with Crippen molar-refractivity contribution in [3.63, 3.8) is 0 Å². The summed E-state index contributed by atoms with van der Waals surface area (Å²) < 4.78 is 10.3. The van der Waals surface area contributed by atoms with E-state index in [-0.39, 0.29) is 17.3 Å². The highest BCUT2D eigenvalue weighted by atomic mass is 16.5. The number of benzene rings is 2. The van der Waals surface area contributed by atoms with Crippen LogP contribution >= 0.6 is 0 Å². The van der Waals surface area contributed by atoms with E-state index in [9.17, 15) is 15.0 Å². The average molecular weight is 352 g/mol. The molecule has 0 saturated carbocycles. The second-order valence-electron chi connectivity index (χ2n) is 5.32. The normalized spacial score (nSPS) is 10.4. The fourth-order valence-corrected chi connectivity index (χ4v) is 2.36. The van der Waals surface area contributed by atoms with Gasteiger partial charge < -0.3 is 19.7 Å². The van der Waals surface area contributed by atoms with Gasteiger partial charge in [-0.3, -0.25) is 4.79 Å². The van der Waals surface area contributed by atoms with Crippen molar-refractivity contribution in [2.24, 2.45) is 0 Å². The van der Waals surface area contributed by atoms with E-state index in [0.29, 0.717) is 11.5 Å². The molecule has 0 heterocycles. The molecule has 26 heavy (non-hydrogen) atoms. The zero-order valence-electron chi connectivity index (χ0n) is 14.6. The predicted molar refractivity (Wildman–Crippen MR) is 101 cm³/mol. The third kappa shape index (κ3) is 4.33. The maximum Gasteiger partial charge on any atom is 0.178 e. The number of methoxy groups -OCH3 is 2. The fraction of sp³-hybridized carbons (Fsp3) is 0.0952. The van der Waals surface area contributed by atoms with E-state index in [2.05, 4.69) is 6.58 Å². The molecule has 2 rings (SSSR count). The monoisotopic (exact) mass is 352 g/mol. The Balaban J connectivity index is 2.59. The van der Waals surface area contributed by atoms with Crippen LogP contribution in [0.3, 0.4) is 0 Å². The first-order valence-electron chi connectivity index (χ1n) is 7.79. The number of hydrogen-bond acceptors (Lipinski definition) is 5. The van der Waals surface area contributed by atoms with E-state index in [1.165, 1.54) is 38.5 Å². The fourth-order valence-electron chi connectivity index (χ4n) is 2.36. The minimum atomic E-state index is -0.216. The number of aromatic hydroxyl groups is 2. The number of ketones is 1. The summed E-state index contributed by atoms with van der Waals surface area (Å²) in [5.41, 5.74) is 2.25. The molecule has 0 aromatic heterocycles. The Morgan fingerprint density at radius 1 is 0.962 bits per heavy atom. The molecule has 2 aromatic carbocycles. The number of allylic oxidation sites excluding steroid dienone is 4. The summed E-state index contributed by atoms with van der Waals surface area (Å²) >= 11 is 0. The second-order valence-corrected chi connectivity index (χ2v) is 5.32. The highest BCUT2D eigenvalue weighted by Gasteiger charge is 2.11. The van der Waals surface area contributed by atoms with Crippen LogP contribution in [0.5, 0.6) is 23.0 Å². The van der Waals surface area contributed by atoms with E-state index in [0.717, 1.165) is 16.7 Å². The molecule has 0 unspecified atom stereocenters. The third-order valence-electron chi connectivity index (χ3n) is 3.71. The quantitative estimate of drug-likeness (QED) is 0.585. The zero-order chi connectivity index (χ0) is 19.1. The highest BCUT2D eigenvalue weighted by molar-refractivity contribution is 5.99. The van der Waals surface area contributed by atoms with Gasteiger partial charge in [-0.25, -0.2) is 0 Å². The maximum atomic E-state index is 11.4. The van der Waals surface area contributed by atoms with Gasteiger partial charge >= 0.3 is 0 Å². The van der Waals surface area contributed by atoms with Gasteiger partial charge in [0.25, 0.3) is 0 Å². The summed E-state index contributed by atoms with van der Waals surface area (Å²) in [4.78, 5) is 11.4. The van der Waals surface area contributed by atoms with E-state index in [1.54, 1.807) is 36.4 Å². The molecule has 0 radical (unpaired) electrons. The molecule has 0 atom stereocenters. The van der Waals surface area contributed by atoms with Crippen molar-refractivity contribution >= 4 is 11.4 Å². The molecular formula is C21H20O5.